The van der Waals surface area contributed by atoms with Gasteiger partial charge in [0.1, 0.15) is 11.6 Å². The van der Waals surface area contributed by atoms with E-state index in [9.17, 15) is 4.79 Å². The first-order chi connectivity index (χ1) is 11.3. The standard InChI is InChI=1S/C19H35ClN2O2/c1-6-15(21-7-2)12-10-8-9-11-14-13-16(14)24-18(23)22-17(20)19(3,4)5/h14,16-17H,6-13H2,1-5H3,(H,22,23). The predicted octanol–water partition coefficient (Wildman–Crippen LogP) is 5.53. The van der Waals surface area contributed by atoms with Gasteiger partial charge in [0.15, 0.2) is 0 Å². The van der Waals surface area contributed by atoms with Crippen molar-refractivity contribution in [3.63, 3.8) is 0 Å². The SMILES string of the molecule is CCN=C(CC)CCCCCC1CC1OC(=O)NC(Cl)C(C)(C)C. The number of amides is 1. The van der Waals surface area contributed by atoms with E-state index in [-0.39, 0.29) is 17.6 Å². The van der Waals surface area contributed by atoms with E-state index in [1.165, 1.54) is 25.0 Å². The summed E-state index contributed by atoms with van der Waals surface area (Å²) in [6.07, 6.45) is 7.68. The number of nitrogens with zero attached hydrogens (tertiary/aromatic N) is 1. The van der Waals surface area contributed by atoms with E-state index in [4.69, 9.17) is 16.3 Å². The third-order valence-electron chi connectivity index (χ3n) is 4.45. The second kappa shape index (κ2) is 10.3. The molecular weight excluding hydrogens is 324 g/mol. The van der Waals surface area contributed by atoms with Gasteiger partial charge in [0.05, 0.1) is 0 Å². The van der Waals surface area contributed by atoms with Gasteiger partial charge in [-0.2, -0.15) is 0 Å². The first kappa shape index (κ1) is 21.3. The van der Waals surface area contributed by atoms with Crippen molar-refractivity contribution in [1.82, 2.24) is 5.32 Å². The Hall–Kier alpha value is -0.770. The highest BCUT2D eigenvalue weighted by Crippen LogP contribution is 2.38. The minimum absolute atomic E-state index is 0.0849. The van der Waals surface area contributed by atoms with Gasteiger partial charge in [0, 0.05) is 12.3 Å². The number of carbonyl (C=O) groups is 1. The van der Waals surface area contributed by atoms with Crippen LogP contribution >= 0.6 is 11.6 Å². The van der Waals surface area contributed by atoms with Crippen LogP contribution in [-0.4, -0.2) is 30.0 Å². The molecular formula is C19H35ClN2O2. The smallest absolute Gasteiger partial charge is 0.408 e. The van der Waals surface area contributed by atoms with Crippen LogP contribution in [0.15, 0.2) is 4.99 Å². The van der Waals surface area contributed by atoms with E-state index in [0.29, 0.717) is 5.92 Å². The van der Waals surface area contributed by atoms with Crippen LogP contribution in [-0.2, 0) is 4.74 Å². The van der Waals surface area contributed by atoms with Crippen molar-refractivity contribution in [1.29, 1.82) is 0 Å². The molecule has 0 heterocycles. The van der Waals surface area contributed by atoms with Crippen molar-refractivity contribution < 1.29 is 9.53 Å². The Labute approximate surface area is 152 Å². The lowest BCUT2D eigenvalue weighted by Crippen LogP contribution is -2.40. The number of hydrogen-bond acceptors (Lipinski definition) is 3. The molecule has 24 heavy (non-hydrogen) atoms. The van der Waals surface area contributed by atoms with Crippen LogP contribution < -0.4 is 5.32 Å². The van der Waals surface area contributed by atoms with Crippen molar-refractivity contribution in [2.24, 2.45) is 16.3 Å². The quantitative estimate of drug-likeness (QED) is 0.241. The molecule has 5 heteroatoms. The molecule has 140 valence electrons. The average molecular weight is 359 g/mol. The summed E-state index contributed by atoms with van der Waals surface area (Å²) in [6, 6.07) is 0. The van der Waals surface area contributed by atoms with Gasteiger partial charge in [-0.15, -0.1) is 0 Å². The van der Waals surface area contributed by atoms with Crippen molar-refractivity contribution in [3.8, 4) is 0 Å². The third kappa shape index (κ3) is 8.36. The van der Waals surface area contributed by atoms with E-state index in [1.54, 1.807) is 0 Å². The summed E-state index contributed by atoms with van der Waals surface area (Å²) < 4.78 is 5.43. The van der Waals surface area contributed by atoms with Gasteiger partial charge in [0.25, 0.3) is 0 Å². The van der Waals surface area contributed by atoms with Gasteiger partial charge in [-0.05, 0) is 50.4 Å². The molecule has 0 saturated heterocycles. The van der Waals surface area contributed by atoms with Crippen molar-refractivity contribution >= 4 is 23.4 Å². The molecule has 0 aromatic rings. The normalized spacial score (nSPS) is 22.2. The van der Waals surface area contributed by atoms with E-state index >= 15 is 0 Å². The number of alkyl carbamates (subject to hydrolysis) is 1. The van der Waals surface area contributed by atoms with Crippen LogP contribution in [0.25, 0.3) is 0 Å². The first-order valence-corrected chi connectivity index (χ1v) is 9.85. The molecule has 1 rings (SSSR count). The zero-order valence-electron chi connectivity index (χ0n) is 16.0. The molecule has 0 aliphatic heterocycles. The number of ether oxygens (including phenoxy) is 1. The maximum Gasteiger partial charge on any atom is 0.408 e. The zero-order valence-corrected chi connectivity index (χ0v) is 16.8. The summed E-state index contributed by atoms with van der Waals surface area (Å²) in [7, 11) is 0. The number of alkyl halides is 1. The third-order valence-corrected chi connectivity index (χ3v) is 5.21. The van der Waals surface area contributed by atoms with Crippen LogP contribution in [0, 0.1) is 11.3 Å². The monoisotopic (exact) mass is 358 g/mol. The Kier molecular flexibility index (Phi) is 9.11. The van der Waals surface area contributed by atoms with E-state index in [2.05, 4.69) is 24.2 Å². The van der Waals surface area contributed by atoms with Crippen LogP contribution in [0.4, 0.5) is 4.79 Å². The molecule has 0 aromatic heterocycles. The molecule has 1 saturated carbocycles. The fraction of sp³-hybridized carbons (Fsp3) is 0.895. The number of nitrogens with one attached hydrogen (secondary N) is 1. The number of halogens is 1. The molecule has 3 atom stereocenters. The van der Waals surface area contributed by atoms with Gasteiger partial charge < -0.3 is 10.1 Å². The lowest BCUT2D eigenvalue weighted by atomic mass is 9.97. The minimum Gasteiger partial charge on any atom is -0.446 e. The Morgan fingerprint density at radius 3 is 2.58 bits per heavy atom. The summed E-state index contributed by atoms with van der Waals surface area (Å²) in [5.74, 6) is 0.536. The lowest BCUT2D eigenvalue weighted by Gasteiger charge is -2.25. The number of rotatable bonds is 10. The van der Waals surface area contributed by atoms with Crippen LogP contribution in [0.3, 0.4) is 0 Å². The number of carbonyl (C=O) groups excluding carboxylic acids is 1. The first-order valence-electron chi connectivity index (χ1n) is 9.41. The number of hydrogen-bond donors (Lipinski definition) is 1. The van der Waals surface area contributed by atoms with Gasteiger partial charge in [-0.25, -0.2) is 4.79 Å². The summed E-state index contributed by atoms with van der Waals surface area (Å²) in [6.45, 7) is 11.1. The van der Waals surface area contributed by atoms with Crippen LogP contribution in [0.5, 0.6) is 0 Å². The summed E-state index contributed by atoms with van der Waals surface area (Å²) >= 11 is 6.15. The second-order valence-electron chi connectivity index (χ2n) is 7.81. The topological polar surface area (TPSA) is 50.7 Å². The van der Waals surface area contributed by atoms with E-state index in [1.807, 2.05) is 20.8 Å². The molecule has 4 nitrogen and oxygen atoms in total. The zero-order chi connectivity index (χ0) is 18.2. The summed E-state index contributed by atoms with van der Waals surface area (Å²) in [5.41, 5.74) is 0.748. The van der Waals surface area contributed by atoms with Gasteiger partial charge in [-0.3, -0.25) is 4.99 Å². The Bertz CT molecular complexity index is 418. The number of aliphatic imine (C=N–C) groups is 1. The van der Waals surface area contributed by atoms with Crippen molar-refractivity contribution in [2.75, 3.05) is 6.54 Å². The summed E-state index contributed by atoms with van der Waals surface area (Å²) in [5, 5.41) is 2.71. The van der Waals surface area contributed by atoms with Crippen molar-refractivity contribution in [3.05, 3.63) is 0 Å². The molecule has 1 amide bonds. The average Bonchev–Trinajstić information content (AvgIpc) is 3.22. The number of unbranched alkanes of at least 4 members (excludes halogenated alkanes) is 2. The van der Waals surface area contributed by atoms with Crippen LogP contribution in [0.2, 0.25) is 0 Å². The lowest BCUT2D eigenvalue weighted by molar-refractivity contribution is 0.126. The maximum absolute atomic E-state index is 11.8. The Balaban J connectivity index is 2.09. The molecule has 1 N–H and O–H groups in total. The van der Waals surface area contributed by atoms with Gasteiger partial charge >= 0.3 is 6.09 Å². The molecule has 1 aliphatic carbocycles. The molecule has 1 aliphatic rings. The minimum atomic E-state index is -0.417. The van der Waals surface area contributed by atoms with Crippen molar-refractivity contribution in [2.45, 2.75) is 91.2 Å². The highest BCUT2D eigenvalue weighted by molar-refractivity contribution is 6.21. The predicted molar refractivity (Wildman–Crippen MR) is 102 cm³/mol. The fourth-order valence-corrected chi connectivity index (χ4v) is 2.75. The van der Waals surface area contributed by atoms with E-state index < -0.39 is 5.50 Å². The van der Waals surface area contributed by atoms with Gasteiger partial charge in [0.2, 0.25) is 0 Å². The fourth-order valence-electron chi connectivity index (χ4n) is 2.66. The molecule has 0 bridgehead atoms. The Morgan fingerprint density at radius 1 is 1.29 bits per heavy atom. The van der Waals surface area contributed by atoms with E-state index in [0.717, 1.165) is 32.2 Å². The molecule has 3 unspecified atom stereocenters. The molecule has 0 aromatic carbocycles. The summed E-state index contributed by atoms with van der Waals surface area (Å²) in [4.78, 5) is 16.3. The largest absolute Gasteiger partial charge is 0.446 e. The molecule has 1 fully saturated rings. The second-order valence-corrected chi connectivity index (χ2v) is 8.24. The van der Waals surface area contributed by atoms with Crippen LogP contribution in [0.1, 0.15) is 79.6 Å². The maximum atomic E-state index is 11.8. The Morgan fingerprint density at radius 2 is 2.00 bits per heavy atom. The molecule has 0 spiro atoms. The highest BCUT2D eigenvalue weighted by Gasteiger charge is 2.40. The van der Waals surface area contributed by atoms with Gasteiger partial charge in [-0.1, -0.05) is 52.1 Å². The highest BCUT2D eigenvalue weighted by atomic mass is 35.5. The molecule has 0 radical (unpaired) electrons.